The third-order valence-electron chi connectivity index (χ3n) is 3.89. The minimum Gasteiger partial charge on any atom is -0.497 e. The zero-order valence-electron chi connectivity index (χ0n) is 15.8. The summed E-state index contributed by atoms with van der Waals surface area (Å²) in [4.78, 5) is 0. The van der Waals surface area contributed by atoms with Gasteiger partial charge in [0, 0.05) is 6.20 Å². The molecule has 0 bridgehead atoms. The predicted octanol–water partition coefficient (Wildman–Crippen LogP) is 3.71. The molecule has 0 atom stereocenters. The van der Waals surface area contributed by atoms with Gasteiger partial charge in [-0.25, -0.2) is 4.68 Å². The van der Waals surface area contributed by atoms with Crippen molar-refractivity contribution in [3.63, 3.8) is 0 Å². The fourth-order valence-corrected chi connectivity index (χ4v) is 2.63. The summed E-state index contributed by atoms with van der Waals surface area (Å²) in [5.74, 6) is 2.08. The largest absolute Gasteiger partial charge is 0.497 e. The number of aliphatic hydroxyl groups excluding tert-OH is 1. The van der Waals surface area contributed by atoms with Gasteiger partial charge in [-0.15, -0.1) is 5.10 Å². The second-order valence-corrected chi connectivity index (χ2v) is 6.25. The molecule has 0 saturated carbocycles. The van der Waals surface area contributed by atoms with Crippen molar-refractivity contribution in [1.29, 1.82) is 0 Å². The molecule has 1 heterocycles. The van der Waals surface area contributed by atoms with Crippen LogP contribution in [0.15, 0.2) is 54.7 Å². The zero-order chi connectivity index (χ0) is 19.2. The minimum absolute atomic E-state index is 0.00938. The first-order valence-corrected chi connectivity index (χ1v) is 8.85. The van der Waals surface area contributed by atoms with Crippen molar-refractivity contribution in [3.8, 4) is 34.2 Å². The van der Waals surface area contributed by atoms with E-state index in [2.05, 4.69) is 5.10 Å². The van der Waals surface area contributed by atoms with Crippen LogP contribution in [0.2, 0.25) is 0 Å². The molecule has 6 heteroatoms. The molecule has 0 unspecified atom stereocenters. The normalized spacial score (nSPS) is 10.9. The lowest BCUT2D eigenvalue weighted by Gasteiger charge is -2.09. The molecule has 27 heavy (non-hydrogen) atoms. The lowest BCUT2D eigenvalue weighted by Crippen LogP contribution is -2.07. The Labute approximate surface area is 158 Å². The van der Waals surface area contributed by atoms with Gasteiger partial charge in [0.05, 0.1) is 31.1 Å². The molecule has 0 aliphatic heterocycles. The van der Waals surface area contributed by atoms with Crippen LogP contribution in [0, 0.1) is 0 Å². The second kappa shape index (κ2) is 8.60. The highest BCUT2D eigenvalue weighted by Crippen LogP contribution is 2.32. The number of aromatic nitrogens is 2. The highest BCUT2D eigenvalue weighted by atomic mass is 16.5. The Kier molecular flexibility index (Phi) is 5.98. The molecular weight excluding hydrogens is 344 g/mol. The summed E-state index contributed by atoms with van der Waals surface area (Å²) in [7, 11) is 1.64. The third-order valence-corrected chi connectivity index (χ3v) is 3.89. The highest BCUT2D eigenvalue weighted by molar-refractivity contribution is 5.69. The number of ether oxygens (including phenoxy) is 3. The molecule has 6 nitrogen and oxygen atoms in total. The number of rotatable bonds is 8. The molecule has 0 saturated heterocycles. The Bertz CT molecular complexity index is 855. The summed E-state index contributed by atoms with van der Waals surface area (Å²) in [5, 5.41) is 13.5. The number of methoxy groups -OCH3 is 1. The van der Waals surface area contributed by atoms with Crippen LogP contribution in [-0.2, 0) is 0 Å². The van der Waals surface area contributed by atoms with Gasteiger partial charge < -0.3 is 19.3 Å². The summed E-state index contributed by atoms with van der Waals surface area (Å²) in [5.41, 5.74) is 2.79. The molecule has 2 aromatic carbocycles. The van der Waals surface area contributed by atoms with E-state index in [1.807, 2.05) is 68.6 Å². The van der Waals surface area contributed by atoms with Crippen molar-refractivity contribution in [2.24, 2.45) is 0 Å². The van der Waals surface area contributed by atoms with E-state index in [1.165, 1.54) is 0 Å². The molecule has 0 aliphatic rings. The van der Waals surface area contributed by atoms with Gasteiger partial charge in [-0.05, 0) is 55.8 Å². The second-order valence-electron chi connectivity index (χ2n) is 6.25. The van der Waals surface area contributed by atoms with Crippen molar-refractivity contribution >= 4 is 0 Å². The van der Waals surface area contributed by atoms with E-state index in [0.29, 0.717) is 11.6 Å². The van der Waals surface area contributed by atoms with Crippen LogP contribution in [0.25, 0.3) is 16.8 Å². The summed E-state index contributed by atoms with van der Waals surface area (Å²) < 4.78 is 18.4. The van der Waals surface area contributed by atoms with E-state index < -0.39 is 0 Å². The van der Waals surface area contributed by atoms with Crippen LogP contribution in [0.4, 0.5) is 0 Å². The molecule has 1 N–H and O–H groups in total. The monoisotopic (exact) mass is 368 g/mol. The summed E-state index contributed by atoms with van der Waals surface area (Å²) in [6.45, 7) is 4.21. The van der Waals surface area contributed by atoms with Gasteiger partial charge in [0.25, 0.3) is 0 Å². The number of aliphatic hydroxyl groups is 1. The molecule has 0 fully saturated rings. The average molecular weight is 368 g/mol. The van der Waals surface area contributed by atoms with Gasteiger partial charge in [-0.1, -0.05) is 12.1 Å². The Balaban J connectivity index is 1.93. The summed E-state index contributed by atoms with van der Waals surface area (Å²) >= 11 is 0. The van der Waals surface area contributed by atoms with E-state index in [0.717, 1.165) is 22.6 Å². The maximum absolute atomic E-state index is 8.86. The zero-order valence-corrected chi connectivity index (χ0v) is 15.8. The topological polar surface area (TPSA) is 65.7 Å². The Morgan fingerprint density at radius 2 is 1.67 bits per heavy atom. The number of hydrogen-bond donors (Lipinski definition) is 1. The molecule has 0 spiro atoms. The number of benzene rings is 2. The van der Waals surface area contributed by atoms with Crippen LogP contribution < -0.4 is 14.2 Å². The molecule has 0 amide bonds. The van der Waals surface area contributed by atoms with Gasteiger partial charge in [-0.3, -0.25) is 0 Å². The van der Waals surface area contributed by atoms with Crippen LogP contribution in [-0.4, -0.2) is 41.3 Å². The van der Waals surface area contributed by atoms with Crippen molar-refractivity contribution < 1.29 is 19.3 Å². The van der Waals surface area contributed by atoms with Crippen molar-refractivity contribution in [3.05, 3.63) is 54.7 Å². The van der Waals surface area contributed by atoms with Gasteiger partial charge in [0.1, 0.15) is 18.1 Å². The molecule has 0 radical (unpaired) electrons. The standard InChI is InChI=1S/C21H24N2O4/c1-15(2)27-21-20(16-4-8-19(9-5-16)26-13-12-24)14-23(22-21)17-6-10-18(25-3)11-7-17/h4-11,14-15,24H,12-13H2,1-3H3. The molecular formula is C21H24N2O4. The Hall–Kier alpha value is -2.99. The van der Waals surface area contributed by atoms with Crippen molar-refractivity contribution in [2.45, 2.75) is 20.0 Å². The number of hydrogen-bond acceptors (Lipinski definition) is 5. The minimum atomic E-state index is -0.0112. The Morgan fingerprint density at radius 1 is 1.00 bits per heavy atom. The maximum atomic E-state index is 8.86. The van der Waals surface area contributed by atoms with Crippen LogP contribution in [0.5, 0.6) is 17.4 Å². The molecule has 3 rings (SSSR count). The quantitative estimate of drug-likeness (QED) is 0.657. The number of nitrogens with zero attached hydrogens (tertiary/aromatic N) is 2. The lowest BCUT2D eigenvalue weighted by molar-refractivity contribution is 0.201. The van der Waals surface area contributed by atoms with Gasteiger partial charge in [0.2, 0.25) is 5.88 Å². The molecule has 0 aliphatic carbocycles. The van der Waals surface area contributed by atoms with E-state index >= 15 is 0 Å². The van der Waals surface area contributed by atoms with Crippen LogP contribution in [0.1, 0.15) is 13.8 Å². The Morgan fingerprint density at radius 3 is 2.26 bits per heavy atom. The van der Waals surface area contributed by atoms with Crippen LogP contribution in [0.3, 0.4) is 0 Å². The van der Waals surface area contributed by atoms with Crippen molar-refractivity contribution in [2.75, 3.05) is 20.3 Å². The van der Waals surface area contributed by atoms with Crippen LogP contribution >= 0.6 is 0 Å². The van der Waals surface area contributed by atoms with E-state index in [1.54, 1.807) is 11.8 Å². The van der Waals surface area contributed by atoms with E-state index in [4.69, 9.17) is 19.3 Å². The van der Waals surface area contributed by atoms with Crippen molar-refractivity contribution in [1.82, 2.24) is 9.78 Å². The highest BCUT2D eigenvalue weighted by Gasteiger charge is 2.15. The fourth-order valence-electron chi connectivity index (χ4n) is 2.63. The smallest absolute Gasteiger partial charge is 0.241 e. The predicted molar refractivity (Wildman–Crippen MR) is 104 cm³/mol. The first-order valence-electron chi connectivity index (χ1n) is 8.85. The lowest BCUT2D eigenvalue weighted by atomic mass is 10.1. The molecule has 3 aromatic rings. The summed E-state index contributed by atoms with van der Waals surface area (Å²) in [6, 6.07) is 15.3. The van der Waals surface area contributed by atoms with Gasteiger partial charge in [-0.2, -0.15) is 0 Å². The SMILES string of the molecule is COc1ccc(-n2cc(-c3ccc(OCCO)cc3)c(OC(C)C)n2)cc1. The summed E-state index contributed by atoms with van der Waals surface area (Å²) in [6.07, 6.45) is 1.96. The first-order chi connectivity index (χ1) is 13.1. The van der Waals surface area contributed by atoms with Gasteiger partial charge in [0.15, 0.2) is 0 Å². The average Bonchev–Trinajstić information content (AvgIpc) is 3.10. The first kappa shape index (κ1) is 18.8. The van der Waals surface area contributed by atoms with E-state index in [9.17, 15) is 0 Å². The fraction of sp³-hybridized carbons (Fsp3) is 0.286. The van der Waals surface area contributed by atoms with E-state index in [-0.39, 0.29) is 19.3 Å². The van der Waals surface area contributed by atoms with Gasteiger partial charge >= 0.3 is 0 Å². The maximum Gasteiger partial charge on any atom is 0.241 e. The molecule has 142 valence electrons. The third kappa shape index (κ3) is 4.60. The molecule has 1 aromatic heterocycles.